The first-order chi connectivity index (χ1) is 10.7. The van der Waals surface area contributed by atoms with E-state index in [2.05, 4.69) is 40.4 Å². The third kappa shape index (κ3) is 5.57. The first kappa shape index (κ1) is 21.1. The second-order valence-electron chi connectivity index (χ2n) is 6.82. The highest BCUT2D eigenvalue weighted by molar-refractivity contribution is 7.88. The SMILES string of the molecule is CCCc1cc(N2C[C@H](NS(C)(=O)=O)[C@@H](C(C)C)C2)nc(C)n1.Cl. The van der Waals surface area contributed by atoms with Crippen LogP contribution in [0.3, 0.4) is 0 Å². The van der Waals surface area contributed by atoms with E-state index in [4.69, 9.17) is 0 Å². The third-order valence-electron chi connectivity index (χ3n) is 4.29. The molecule has 138 valence electrons. The van der Waals surface area contributed by atoms with Gasteiger partial charge in [0.05, 0.1) is 6.26 Å². The minimum atomic E-state index is -3.21. The van der Waals surface area contributed by atoms with E-state index in [1.165, 1.54) is 6.26 Å². The lowest BCUT2D eigenvalue weighted by molar-refractivity contribution is 0.365. The quantitative estimate of drug-likeness (QED) is 0.823. The van der Waals surface area contributed by atoms with Crippen LogP contribution in [-0.2, 0) is 16.4 Å². The molecule has 0 spiro atoms. The standard InChI is InChI=1S/C16H28N4O2S.ClH/c1-6-7-13-8-16(18-12(4)17-13)20-9-14(11(2)3)15(10-20)19-23(5,21)22;/h8,11,14-15,19H,6-7,9-10H2,1-5H3;1H/t14-,15+;/m1./s1. The Morgan fingerprint density at radius 2 is 2.00 bits per heavy atom. The van der Waals surface area contributed by atoms with Crippen molar-refractivity contribution in [2.75, 3.05) is 24.2 Å². The first-order valence-electron chi connectivity index (χ1n) is 8.26. The van der Waals surface area contributed by atoms with E-state index < -0.39 is 10.0 Å². The van der Waals surface area contributed by atoms with Gasteiger partial charge in [-0.1, -0.05) is 27.2 Å². The summed E-state index contributed by atoms with van der Waals surface area (Å²) in [6.45, 7) is 9.78. The van der Waals surface area contributed by atoms with Gasteiger partial charge in [0, 0.05) is 30.9 Å². The maximum atomic E-state index is 11.6. The molecule has 8 heteroatoms. The predicted molar refractivity (Wildman–Crippen MR) is 100 cm³/mol. The Hall–Kier alpha value is -0.920. The average molecular weight is 377 g/mol. The van der Waals surface area contributed by atoms with Crippen LogP contribution in [0.5, 0.6) is 0 Å². The van der Waals surface area contributed by atoms with Gasteiger partial charge in [0.15, 0.2) is 0 Å². The van der Waals surface area contributed by atoms with Crippen molar-refractivity contribution < 1.29 is 8.42 Å². The van der Waals surface area contributed by atoms with Crippen molar-refractivity contribution >= 4 is 28.2 Å². The van der Waals surface area contributed by atoms with Crippen LogP contribution >= 0.6 is 12.4 Å². The fourth-order valence-electron chi connectivity index (χ4n) is 3.25. The van der Waals surface area contributed by atoms with Gasteiger partial charge in [0.2, 0.25) is 10.0 Å². The second kappa shape index (κ2) is 8.45. The lowest BCUT2D eigenvalue weighted by atomic mass is 9.92. The molecule has 1 saturated heterocycles. The van der Waals surface area contributed by atoms with Crippen LogP contribution in [0.2, 0.25) is 0 Å². The second-order valence-corrected chi connectivity index (χ2v) is 8.60. The highest BCUT2D eigenvalue weighted by Crippen LogP contribution is 2.28. The minimum Gasteiger partial charge on any atom is -0.355 e. The Morgan fingerprint density at radius 3 is 2.54 bits per heavy atom. The van der Waals surface area contributed by atoms with Gasteiger partial charge in [0.1, 0.15) is 11.6 Å². The Bertz CT molecular complexity index is 651. The Kier molecular flexibility index (Phi) is 7.44. The van der Waals surface area contributed by atoms with Crippen LogP contribution in [0, 0.1) is 18.8 Å². The van der Waals surface area contributed by atoms with E-state index in [-0.39, 0.29) is 24.4 Å². The van der Waals surface area contributed by atoms with Gasteiger partial charge < -0.3 is 4.90 Å². The van der Waals surface area contributed by atoms with E-state index >= 15 is 0 Å². The molecule has 6 nitrogen and oxygen atoms in total. The summed E-state index contributed by atoms with van der Waals surface area (Å²) in [5, 5.41) is 0. The molecule has 2 rings (SSSR count). The van der Waals surface area contributed by atoms with Crippen LogP contribution in [0.15, 0.2) is 6.07 Å². The number of halogens is 1. The van der Waals surface area contributed by atoms with Crippen molar-refractivity contribution in [1.29, 1.82) is 0 Å². The molecule has 1 N–H and O–H groups in total. The molecule has 0 saturated carbocycles. The van der Waals surface area contributed by atoms with Gasteiger partial charge in [-0.2, -0.15) is 0 Å². The molecule has 1 aromatic rings. The van der Waals surface area contributed by atoms with Crippen molar-refractivity contribution in [1.82, 2.24) is 14.7 Å². The zero-order valence-electron chi connectivity index (χ0n) is 15.1. The number of hydrogen-bond acceptors (Lipinski definition) is 5. The topological polar surface area (TPSA) is 75.2 Å². The summed E-state index contributed by atoms with van der Waals surface area (Å²) < 4.78 is 26.1. The largest absolute Gasteiger partial charge is 0.355 e. The summed E-state index contributed by atoms with van der Waals surface area (Å²) >= 11 is 0. The molecule has 1 aliphatic heterocycles. The monoisotopic (exact) mass is 376 g/mol. The summed E-state index contributed by atoms with van der Waals surface area (Å²) in [6, 6.07) is 1.96. The van der Waals surface area contributed by atoms with Crippen LogP contribution < -0.4 is 9.62 Å². The molecule has 0 radical (unpaired) electrons. The van der Waals surface area contributed by atoms with E-state index in [1.807, 2.05) is 13.0 Å². The highest BCUT2D eigenvalue weighted by Gasteiger charge is 2.36. The molecule has 2 atom stereocenters. The van der Waals surface area contributed by atoms with Crippen LogP contribution in [0.1, 0.15) is 38.7 Å². The summed E-state index contributed by atoms with van der Waals surface area (Å²) in [5.41, 5.74) is 1.05. The number of anilines is 1. The number of nitrogens with one attached hydrogen (secondary N) is 1. The molecule has 1 aliphatic rings. The molecule has 2 heterocycles. The van der Waals surface area contributed by atoms with Crippen LogP contribution in [0.25, 0.3) is 0 Å². The highest BCUT2D eigenvalue weighted by atomic mass is 35.5. The predicted octanol–water partition coefficient (Wildman–Crippen LogP) is 2.17. The average Bonchev–Trinajstić information content (AvgIpc) is 2.80. The summed E-state index contributed by atoms with van der Waals surface area (Å²) in [6.07, 6.45) is 3.20. The van der Waals surface area contributed by atoms with Crippen LogP contribution in [-0.4, -0.2) is 43.8 Å². The maximum absolute atomic E-state index is 11.6. The number of rotatable bonds is 6. The van der Waals surface area contributed by atoms with E-state index in [0.717, 1.165) is 36.7 Å². The van der Waals surface area contributed by atoms with E-state index in [9.17, 15) is 8.42 Å². The normalized spacial score (nSPS) is 21.2. The molecule has 24 heavy (non-hydrogen) atoms. The Morgan fingerprint density at radius 1 is 1.33 bits per heavy atom. The van der Waals surface area contributed by atoms with Gasteiger partial charge in [-0.15, -0.1) is 12.4 Å². The molecule has 0 aliphatic carbocycles. The molecular weight excluding hydrogens is 348 g/mol. The van der Waals surface area contributed by atoms with Gasteiger partial charge in [-0.25, -0.2) is 23.1 Å². The Balaban J connectivity index is 0.00000288. The molecular formula is C16H29ClN4O2S. The zero-order chi connectivity index (χ0) is 17.2. The maximum Gasteiger partial charge on any atom is 0.209 e. The summed E-state index contributed by atoms with van der Waals surface area (Å²) in [4.78, 5) is 11.2. The number of sulfonamides is 1. The number of hydrogen-bond donors (Lipinski definition) is 1. The number of aromatic nitrogens is 2. The van der Waals surface area contributed by atoms with Crippen molar-refractivity contribution in [3.05, 3.63) is 17.6 Å². The van der Waals surface area contributed by atoms with Crippen molar-refractivity contribution in [3.8, 4) is 0 Å². The molecule has 1 fully saturated rings. The zero-order valence-corrected chi connectivity index (χ0v) is 16.7. The summed E-state index contributed by atoms with van der Waals surface area (Å²) in [7, 11) is -3.21. The molecule has 0 aromatic carbocycles. The van der Waals surface area contributed by atoms with Gasteiger partial charge in [-0.3, -0.25) is 0 Å². The van der Waals surface area contributed by atoms with Crippen molar-refractivity contribution in [3.63, 3.8) is 0 Å². The van der Waals surface area contributed by atoms with Crippen molar-refractivity contribution in [2.24, 2.45) is 11.8 Å². The van der Waals surface area contributed by atoms with E-state index in [0.29, 0.717) is 12.5 Å². The molecule has 1 aromatic heterocycles. The smallest absolute Gasteiger partial charge is 0.209 e. The van der Waals surface area contributed by atoms with Gasteiger partial charge >= 0.3 is 0 Å². The summed E-state index contributed by atoms with van der Waals surface area (Å²) in [5.74, 6) is 2.35. The lowest BCUT2D eigenvalue weighted by Gasteiger charge is -2.21. The first-order valence-corrected chi connectivity index (χ1v) is 10.2. The fourth-order valence-corrected chi connectivity index (χ4v) is 4.05. The molecule has 0 amide bonds. The molecule has 0 bridgehead atoms. The van der Waals surface area contributed by atoms with Crippen LogP contribution in [0.4, 0.5) is 5.82 Å². The van der Waals surface area contributed by atoms with Gasteiger partial charge in [0.25, 0.3) is 0 Å². The third-order valence-corrected chi connectivity index (χ3v) is 5.03. The Labute approximate surface area is 151 Å². The van der Waals surface area contributed by atoms with Gasteiger partial charge in [-0.05, 0) is 25.2 Å². The number of aryl methyl sites for hydroxylation is 2. The minimum absolute atomic E-state index is 0. The van der Waals surface area contributed by atoms with E-state index in [1.54, 1.807) is 0 Å². The number of nitrogens with zero attached hydrogens (tertiary/aromatic N) is 3. The van der Waals surface area contributed by atoms with Crippen molar-refractivity contribution in [2.45, 2.75) is 46.6 Å². The molecule has 0 unspecified atom stereocenters. The lowest BCUT2D eigenvalue weighted by Crippen LogP contribution is -2.41. The fraction of sp³-hybridized carbons (Fsp3) is 0.750.